The number of nitrogens with one attached hydrogen (secondary N) is 1. The van der Waals surface area contributed by atoms with Gasteiger partial charge in [0.2, 0.25) is 0 Å². The maximum Gasteiger partial charge on any atom is 0.119 e. The average Bonchev–Trinajstić information content (AvgIpc) is 3.09. The fourth-order valence-electron chi connectivity index (χ4n) is 4.56. The molecule has 0 amide bonds. The number of hydrogen-bond acceptors (Lipinski definition) is 3. The lowest BCUT2D eigenvalue weighted by molar-refractivity contribution is 0.414. The molecule has 1 aromatic carbocycles. The number of ether oxygens (including phenoxy) is 1. The molecular formula is C24H31N3O. The van der Waals surface area contributed by atoms with Crippen molar-refractivity contribution in [2.24, 2.45) is 5.73 Å². The first kappa shape index (κ1) is 18.9. The number of H-pyrrole nitrogens is 1. The summed E-state index contributed by atoms with van der Waals surface area (Å²) in [6, 6.07) is 8.32. The van der Waals surface area contributed by atoms with Crippen LogP contribution in [0.15, 0.2) is 36.5 Å². The Hall–Kier alpha value is -2.46. The standard InChI is InChI=1S/C24H31N3O/c1-4-17-9-10-19(21(25)11-8-16-6-5-7-18(14-16)28-3)24-23(17)20-12-13-27(2)15-22(20)26-24/h5-7,10,12-14,17,21,26H,4,8-9,11,15,25H2,1-3H3. The van der Waals surface area contributed by atoms with Crippen LogP contribution < -0.4 is 10.5 Å². The molecule has 0 spiro atoms. The zero-order valence-electron chi connectivity index (χ0n) is 17.2. The Kier molecular flexibility index (Phi) is 5.31. The van der Waals surface area contributed by atoms with Crippen LogP contribution in [0, 0.1) is 0 Å². The summed E-state index contributed by atoms with van der Waals surface area (Å²) in [4.78, 5) is 5.95. The first-order valence-electron chi connectivity index (χ1n) is 10.3. The average molecular weight is 378 g/mol. The molecule has 0 bridgehead atoms. The van der Waals surface area contributed by atoms with E-state index < -0.39 is 0 Å². The Bertz CT molecular complexity index is 909. The maximum atomic E-state index is 6.71. The molecule has 1 aromatic heterocycles. The van der Waals surface area contributed by atoms with Crippen molar-refractivity contribution in [3.05, 3.63) is 64.6 Å². The van der Waals surface area contributed by atoms with Gasteiger partial charge in [-0.05, 0) is 72.7 Å². The first-order valence-corrected chi connectivity index (χ1v) is 10.3. The van der Waals surface area contributed by atoms with E-state index in [0.717, 1.165) is 38.0 Å². The van der Waals surface area contributed by atoms with Crippen molar-refractivity contribution < 1.29 is 4.74 Å². The lowest BCUT2D eigenvalue weighted by Crippen LogP contribution is -2.25. The maximum absolute atomic E-state index is 6.71. The summed E-state index contributed by atoms with van der Waals surface area (Å²) in [5.41, 5.74) is 14.7. The molecule has 2 aromatic rings. The molecule has 2 aliphatic rings. The fraction of sp³-hybridized carbons (Fsp3) is 0.417. The van der Waals surface area contributed by atoms with E-state index in [4.69, 9.17) is 10.5 Å². The van der Waals surface area contributed by atoms with Crippen LogP contribution in [0.1, 0.15) is 60.2 Å². The summed E-state index contributed by atoms with van der Waals surface area (Å²) in [7, 11) is 3.83. The first-order chi connectivity index (χ1) is 13.6. The summed E-state index contributed by atoms with van der Waals surface area (Å²) in [6.45, 7) is 3.22. The molecule has 1 aliphatic heterocycles. The number of methoxy groups -OCH3 is 1. The molecule has 2 unspecified atom stereocenters. The number of fused-ring (bicyclic) bond motifs is 3. The summed E-state index contributed by atoms with van der Waals surface area (Å²) < 4.78 is 5.35. The van der Waals surface area contributed by atoms with Crippen LogP contribution in [-0.2, 0) is 13.0 Å². The third-order valence-corrected chi connectivity index (χ3v) is 6.15. The molecule has 148 valence electrons. The van der Waals surface area contributed by atoms with Crippen LogP contribution in [0.2, 0.25) is 0 Å². The van der Waals surface area contributed by atoms with Crippen LogP contribution in [0.5, 0.6) is 5.75 Å². The van der Waals surface area contributed by atoms with Crippen LogP contribution in [0.25, 0.3) is 11.6 Å². The number of allylic oxidation sites excluding steroid dienone is 1. The predicted molar refractivity (Wildman–Crippen MR) is 116 cm³/mol. The van der Waals surface area contributed by atoms with Gasteiger partial charge in [0.15, 0.2) is 0 Å². The van der Waals surface area contributed by atoms with Gasteiger partial charge in [0, 0.05) is 30.0 Å². The highest BCUT2D eigenvalue weighted by Crippen LogP contribution is 2.42. The van der Waals surface area contributed by atoms with Crippen LogP contribution >= 0.6 is 0 Å². The van der Waals surface area contributed by atoms with E-state index in [1.54, 1.807) is 7.11 Å². The Morgan fingerprint density at radius 3 is 3.00 bits per heavy atom. The van der Waals surface area contributed by atoms with Crippen LogP contribution in [0.3, 0.4) is 0 Å². The van der Waals surface area contributed by atoms with E-state index in [9.17, 15) is 0 Å². The van der Waals surface area contributed by atoms with Crippen LogP contribution in [-0.4, -0.2) is 30.1 Å². The molecule has 28 heavy (non-hydrogen) atoms. The minimum Gasteiger partial charge on any atom is -0.497 e. The van der Waals surface area contributed by atoms with Crippen molar-refractivity contribution in [1.29, 1.82) is 0 Å². The van der Waals surface area contributed by atoms with Gasteiger partial charge in [-0.1, -0.05) is 25.1 Å². The Morgan fingerprint density at radius 2 is 2.21 bits per heavy atom. The van der Waals surface area contributed by atoms with E-state index in [1.807, 2.05) is 12.1 Å². The normalized spacial score (nSPS) is 19.1. The third-order valence-electron chi connectivity index (χ3n) is 6.15. The van der Waals surface area contributed by atoms with Gasteiger partial charge in [0.25, 0.3) is 0 Å². The fourth-order valence-corrected chi connectivity index (χ4v) is 4.56. The number of aromatic nitrogens is 1. The zero-order valence-corrected chi connectivity index (χ0v) is 17.2. The van der Waals surface area contributed by atoms with Gasteiger partial charge in [-0.25, -0.2) is 0 Å². The van der Waals surface area contributed by atoms with E-state index in [2.05, 4.69) is 54.3 Å². The molecule has 0 saturated heterocycles. The lowest BCUT2D eigenvalue weighted by atomic mass is 9.80. The highest BCUT2D eigenvalue weighted by Gasteiger charge is 2.30. The number of rotatable bonds is 6. The number of benzene rings is 1. The number of nitrogens with zero attached hydrogens (tertiary/aromatic N) is 1. The van der Waals surface area contributed by atoms with E-state index in [0.29, 0.717) is 5.92 Å². The molecule has 4 heteroatoms. The Labute approximate surface area is 168 Å². The molecular weight excluding hydrogens is 346 g/mol. The summed E-state index contributed by atoms with van der Waals surface area (Å²) in [5.74, 6) is 1.49. The molecule has 2 atom stereocenters. The Morgan fingerprint density at radius 1 is 1.36 bits per heavy atom. The highest BCUT2D eigenvalue weighted by atomic mass is 16.5. The third kappa shape index (κ3) is 3.49. The zero-order chi connectivity index (χ0) is 19.7. The SMILES string of the molecule is CCC1CC=C(C(N)CCc2cccc(OC)c2)c2[nH]c3c(c21)C=CN(C)C3. The van der Waals surface area contributed by atoms with Crippen LogP contribution in [0.4, 0.5) is 0 Å². The minimum absolute atomic E-state index is 0.0320. The molecule has 0 radical (unpaired) electrons. The number of aromatic amines is 1. The largest absolute Gasteiger partial charge is 0.497 e. The highest BCUT2D eigenvalue weighted by molar-refractivity contribution is 5.77. The topological polar surface area (TPSA) is 54.3 Å². The van der Waals surface area contributed by atoms with E-state index in [-0.39, 0.29) is 6.04 Å². The summed E-state index contributed by atoms with van der Waals surface area (Å²) in [5, 5.41) is 0. The van der Waals surface area contributed by atoms with Gasteiger partial charge in [-0.15, -0.1) is 0 Å². The predicted octanol–water partition coefficient (Wildman–Crippen LogP) is 4.68. The monoisotopic (exact) mass is 377 g/mol. The molecule has 4 nitrogen and oxygen atoms in total. The molecule has 3 N–H and O–H groups in total. The van der Waals surface area contributed by atoms with Crippen molar-refractivity contribution in [3.63, 3.8) is 0 Å². The molecule has 1 aliphatic carbocycles. The number of nitrogens with two attached hydrogens (primary N) is 1. The number of aryl methyl sites for hydroxylation is 1. The van der Waals surface area contributed by atoms with Crippen molar-refractivity contribution >= 4 is 11.6 Å². The second kappa shape index (κ2) is 7.88. The smallest absolute Gasteiger partial charge is 0.119 e. The van der Waals surface area contributed by atoms with Crippen molar-refractivity contribution in [3.8, 4) is 5.75 Å². The molecule has 0 saturated carbocycles. The van der Waals surface area contributed by atoms with E-state index in [1.165, 1.54) is 33.7 Å². The molecule has 4 rings (SSSR count). The summed E-state index contributed by atoms with van der Waals surface area (Å²) in [6.07, 6.45) is 10.9. The van der Waals surface area contributed by atoms with Gasteiger partial charge in [0.05, 0.1) is 13.7 Å². The second-order valence-electron chi connectivity index (χ2n) is 8.03. The van der Waals surface area contributed by atoms with Gasteiger partial charge in [0.1, 0.15) is 5.75 Å². The van der Waals surface area contributed by atoms with Crippen molar-refractivity contribution in [1.82, 2.24) is 9.88 Å². The van der Waals surface area contributed by atoms with Crippen molar-refractivity contribution in [2.45, 2.75) is 51.1 Å². The van der Waals surface area contributed by atoms with Crippen molar-refractivity contribution in [2.75, 3.05) is 14.2 Å². The second-order valence-corrected chi connectivity index (χ2v) is 8.03. The lowest BCUT2D eigenvalue weighted by Gasteiger charge is -2.26. The quantitative estimate of drug-likeness (QED) is 0.768. The van der Waals surface area contributed by atoms with Gasteiger partial charge < -0.3 is 20.4 Å². The molecule has 0 fully saturated rings. The van der Waals surface area contributed by atoms with Gasteiger partial charge in [-0.2, -0.15) is 0 Å². The summed E-state index contributed by atoms with van der Waals surface area (Å²) >= 11 is 0. The van der Waals surface area contributed by atoms with Gasteiger partial charge >= 0.3 is 0 Å². The minimum atomic E-state index is 0.0320. The van der Waals surface area contributed by atoms with E-state index >= 15 is 0 Å². The number of hydrogen-bond donors (Lipinski definition) is 2. The molecule has 2 heterocycles. The Balaban J connectivity index is 1.57. The van der Waals surface area contributed by atoms with Gasteiger partial charge in [-0.3, -0.25) is 0 Å².